The minimum atomic E-state index is -1.07. The minimum absolute atomic E-state index is 0.564. The number of hydrogen-bond donors (Lipinski definition) is 0. The fourth-order valence-corrected chi connectivity index (χ4v) is 5.97. The van der Waals surface area contributed by atoms with Crippen LogP contribution in [0.1, 0.15) is 38.4 Å². The fourth-order valence-electron chi connectivity index (χ4n) is 5.97. The molecule has 0 aliphatic carbocycles. The largest absolute Gasteiger partial charge is 0.455 e. The Labute approximate surface area is 311 Å². The van der Waals surface area contributed by atoms with E-state index < -0.39 is 268 Å². The maximum Gasteiger partial charge on any atom is 0.143 e. The highest BCUT2D eigenvalue weighted by molar-refractivity contribution is 6.28. The molecule has 0 amide bonds. The number of furan rings is 1. The summed E-state index contributed by atoms with van der Waals surface area (Å²) in [5.41, 5.74) is -5.91. The van der Waals surface area contributed by atoms with Crippen LogP contribution in [0.5, 0.6) is 0 Å². The molecule has 10 aromatic rings. The highest BCUT2D eigenvalue weighted by Gasteiger charge is 2.22. The van der Waals surface area contributed by atoms with Crippen LogP contribution in [0, 0.1) is 0 Å². The van der Waals surface area contributed by atoms with Gasteiger partial charge in [0.15, 0.2) is 0 Å². The Morgan fingerprint density at radius 1 is 0.340 bits per heavy atom. The Morgan fingerprint density at radius 3 is 1.62 bits per heavy atom. The topological polar surface area (TPSA) is 13.1 Å². The molecule has 10 rings (SSSR count). The summed E-state index contributed by atoms with van der Waals surface area (Å²) >= 11 is 0. The standard InChI is InChI=1S/C46H28O/c1-2-13-29(14-3-1)32-27-28-41(45-40-21-10-11-24-42(40)47-46(32)45)44-38-19-8-6-17-36(38)43(37-18-7-9-20-39(37)44)35-23-12-22-33-31-16-5-4-15-30(31)25-26-34(33)35/h1-28H/i1D,2D,3D,4D,5D,6D,7D,8D,9D,10D,11D,12D,13D,14D,15D,16D,17D,18D,19D,20D,21D,22D,23D,24D,25D,26D,27D,28D. The van der Waals surface area contributed by atoms with Gasteiger partial charge >= 0.3 is 0 Å². The first-order valence-corrected chi connectivity index (χ1v) is 13.9. The van der Waals surface area contributed by atoms with Crippen LogP contribution < -0.4 is 0 Å². The second-order valence-electron chi connectivity index (χ2n) is 10.3. The number of fused-ring (bicyclic) bond motifs is 8. The van der Waals surface area contributed by atoms with Crippen molar-refractivity contribution in [2.75, 3.05) is 0 Å². The molecule has 0 unspecified atom stereocenters. The van der Waals surface area contributed by atoms with Crippen molar-refractivity contribution in [2.24, 2.45) is 0 Å². The van der Waals surface area contributed by atoms with Crippen LogP contribution in [0.25, 0.3) is 98.4 Å². The van der Waals surface area contributed by atoms with E-state index in [1.54, 1.807) is 0 Å². The van der Waals surface area contributed by atoms with Crippen molar-refractivity contribution in [2.45, 2.75) is 0 Å². The zero-order chi connectivity index (χ0) is 55.3. The lowest BCUT2D eigenvalue weighted by molar-refractivity contribution is 0.670. The van der Waals surface area contributed by atoms with Crippen LogP contribution in [0.3, 0.4) is 0 Å². The molecule has 218 valence electrons. The molecule has 47 heavy (non-hydrogen) atoms. The molecule has 0 radical (unpaired) electrons. The van der Waals surface area contributed by atoms with Crippen LogP contribution in [0.2, 0.25) is 0 Å². The van der Waals surface area contributed by atoms with Gasteiger partial charge in [0.05, 0.1) is 38.4 Å². The van der Waals surface area contributed by atoms with Gasteiger partial charge in [-0.1, -0.05) is 157 Å². The smallest absolute Gasteiger partial charge is 0.143 e. The predicted octanol–water partition coefficient (Wildman–Crippen LogP) is 13.2. The van der Waals surface area contributed by atoms with Crippen LogP contribution in [-0.2, 0) is 0 Å². The van der Waals surface area contributed by atoms with E-state index in [9.17, 15) is 12.3 Å². The zero-order valence-electron chi connectivity index (χ0n) is 51.4. The first kappa shape index (κ1) is 10.7. The third kappa shape index (κ3) is 3.84. The first-order valence-electron chi connectivity index (χ1n) is 27.9. The van der Waals surface area contributed by atoms with Crippen LogP contribution in [0.15, 0.2) is 174 Å². The van der Waals surface area contributed by atoms with Gasteiger partial charge in [-0.05, 0) is 83.0 Å². The number of para-hydroxylation sites is 1. The summed E-state index contributed by atoms with van der Waals surface area (Å²) in [6, 6.07) is -26.5. The summed E-state index contributed by atoms with van der Waals surface area (Å²) in [5.74, 6) is 0. The Hall–Kier alpha value is -6.18. The minimum Gasteiger partial charge on any atom is -0.455 e. The second-order valence-corrected chi connectivity index (χ2v) is 10.3. The lowest BCUT2D eigenvalue weighted by atomic mass is 9.83. The van der Waals surface area contributed by atoms with Crippen molar-refractivity contribution in [3.05, 3.63) is 169 Å². The maximum atomic E-state index is 9.89. The van der Waals surface area contributed by atoms with E-state index in [1.807, 2.05) is 0 Å². The summed E-state index contributed by atoms with van der Waals surface area (Å²) in [6.07, 6.45) is 0. The molecule has 0 saturated heterocycles. The number of rotatable bonds is 3. The molecule has 9 aromatic carbocycles. The highest BCUT2D eigenvalue weighted by atomic mass is 16.3. The second kappa shape index (κ2) is 10.2. The van der Waals surface area contributed by atoms with E-state index in [2.05, 4.69) is 0 Å². The van der Waals surface area contributed by atoms with Crippen LogP contribution >= 0.6 is 0 Å². The molecule has 1 aromatic heterocycles. The lowest BCUT2D eigenvalue weighted by Gasteiger charge is -2.20. The Kier molecular flexibility index (Phi) is 2.31. The van der Waals surface area contributed by atoms with E-state index in [-0.39, 0.29) is 0 Å². The highest BCUT2D eigenvalue weighted by Crippen LogP contribution is 2.49. The van der Waals surface area contributed by atoms with Gasteiger partial charge in [-0.3, -0.25) is 0 Å². The quantitative estimate of drug-likeness (QED) is 0.141. The lowest BCUT2D eigenvalue weighted by Crippen LogP contribution is -1.92. The van der Waals surface area contributed by atoms with Crippen molar-refractivity contribution in [3.8, 4) is 33.4 Å². The van der Waals surface area contributed by atoms with Gasteiger partial charge in [-0.15, -0.1) is 0 Å². The van der Waals surface area contributed by atoms with Crippen molar-refractivity contribution in [1.29, 1.82) is 0 Å². The summed E-state index contributed by atoms with van der Waals surface area (Å²) < 4.78 is 259. The van der Waals surface area contributed by atoms with Gasteiger partial charge in [0.25, 0.3) is 0 Å². The maximum absolute atomic E-state index is 9.89. The van der Waals surface area contributed by atoms with Gasteiger partial charge in [-0.25, -0.2) is 0 Å². The Bertz CT molecular complexity index is 4330. The summed E-state index contributed by atoms with van der Waals surface area (Å²) in [4.78, 5) is 0. The summed E-state index contributed by atoms with van der Waals surface area (Å²) in [6.45, 7) is 0. The van der Waals surface area contributed by atoms with Gasteiger partial charge in [0.1, 0.15) is 11.2 Å². The molecule has 0 aliphatic rings. The first-order chi connectivity index (χ1) is 35.0. The number of benzene rings is 9. The van der Waals surface area contributed by atoms with Crippen LogP contribution in [-0.4, -0.2) is 0 Å². The molecule has 0 spiro atoms. The molecule has 0 fully saturated rings. The molecular formula is C46H28O. The van der Waals surface area contributed by atoms with Crippen molar-refractivity contribution < 1.29 is 42.8 Å². The third-order valence-electron chi connectivity index (χ3n) is 7.87. The molecule has 1 nitrogen and oxygen atoms in total. The van der Waals surface area contributed by atoms with Crippen LogP contribution in [0.4, 0.5) is 0 Å². The average Bonchev–Trinajstić information content (AvgIpc) is 3.84. The van der Waals surface area contributed by atoms with Gasteiger partial charge < -0.3 is 4.42 Å². The average molecular weight is 625 g/mol. The van der Waals surface area contributed by atoms with E-state index in [0.29, 0.717) is 0 Å². The third-order valence-corrected chi connectivity index (χ3v) is 7.87. The Morgan fingerprint density at radius 2 is 0.894 bits per heavy atom. The summed E-state index contributed by atoms with van der Waals surface area (Å²) in [5, 5.41) is -6.75. The van der Waals surface area contributed by atoms with Gasteiger partial charge in [0, 0.05) is 16.3 Å². The van der Waals surface area contributed by atoms with Gasteiger partial charge in [0.2, 0.25) is 0 Å². The van der Waals surface area contributed by atoms with E-state index in [1.165, 1.54) is 0 Å². The molecular weight excluding hydrogens is 569 g/mol. The molecule has 1 heterocycles. The van der Waals surface area contributed by atoms with Gasteiger partial charge in [-0.2, -0.15) is 0 Å². The Balaban J connectivity index is 1.60. The van der Waals surface area contributed by atoms with Crippen molar-refractivity contribution >= 4 is 65.0 Å². The van der Waals surface area contributed by atoms with E-state index >= 15 is 0 Å². The zero-order valence-corrected chi connectivity index (χ0v) is 23.4. The molecule has 1 heteroatoms. The van der Waals surface area contributed by atoms with Crippen molar-refractivity contribution in [1.82, 2.24) is 0 Å². The molecule has 0 N–H and O–H groups in total. The molecule has 0 aliphatic heterocycles. The molecule has 0 atom stereocenters. The van der Waals surface area contributed by atoms with Crippen molar-refractivity contribution in [3.63, 3.8) is 0 Å². The fraction of sp³-hybridized carbons (Fsp3) is 0. The normalized spacial score (nSPS) is 20.2. The molecule has 0 bridgehead atoms. The predicted molar refractivity (Wildman–Crippen MR) is 200 cm³/mol. The number of hydrogen-bond acceptors (Lipinski definition) is 1. The molecule has 0 saturated carbocycles. The summed E-state index contributed by atoms with van der Waals surface area (Å²) in [7, 11) is 0. The van der Waals surface area contributed by atoms with E-state index in [4.69, 9.17) is 30.5 Å². The van der Waals surface area contributed by atoms with E-state index in [0.717, 1.165) is 0 Å². The SMILES string of the molecule is [2H]c1c([2H])c([2H])c(-c2c([2H])c([2H])c(-c3c4c([2H])c([2H])c([2H])c([2H])c4c(-c4c([2H])c([2H])c([2H])c5c4c([2H])c([2H])c4c([2H])c([2H])c([2H])c([2H])c45)c4c([2H])c([2H])c([2H])c([2H])c34)c3c2oc2c([2H])c([2H])c([2H])c([2H])c23)c([2H])c1[2H]. The monoisotopic (exact) mass is 624 g/mol.